The molecule has 0 amide bonds. The second-order valence-electron chi connectivity index (χ2n) is 5.85. The summed E-state index contributed by atoms with van der Waals surface area (Å²) in [6.45, 7) is 4.61. The number of hydrogen-bond donors (Lipinski definition) is 1. The van der Waals surface area contributed by atoms with Crippen molar-refractivity contribution in [2.75, 3.05) is 26.0 Å². The van der Waals surface area contributed by atoms with Gasteiger partial charge in [-0.25, -0.2) is 9.97 Å². The predicted molar refractivity (Wildman–Crippen MR) is 70.3 cm³/mol. The summed E-state index contributed by atoms with van der Waals surface area (Å²) in [5, 5.41) is 3.37. The summed E-state index contributed by atoms with van der Waals surface area (Å²) >= 11 is 0. The van der Waals surface area contributed by atoms with E-state index in [0.717, 1.165) is 18.8 Å². The highest BCUT2D eigenvalue weighted by molar-refractivity contribution is 5.34. The van der Waals surface area contributed by atoms with Crippen LogP contribution in [-0.2, 0) is 6.42 Å². The Hall–Kier alpha value is -1.16. The highest BCUT2D eigenvalue weighted by atomic mass is 15.2. The second-order valence-corrected chi connectivity index (χ2v) is 5.85. The molecule has 0 spiro atoms. The van der Waals surface area contributed by atoms with Gasteiger partial charge in [-0.1, -0.05) is 13.8 Å². The highest BCUT2D eigenvalue weighted by Gasteiger charge is 2.32. The molecular formula is C13H22N4. The quantitative estimate of drug-likeness (QED) is 0.847. The van der Waals surface area contributed by atoms with Crippen LogP contribution in [0.1, 0.15) is 37.6 Å². The second kappa shape index (κ2) is 4.26. The molecule has 4 heteroatoms. The van der Waals surface area contributed by atoms with Crippen LogP contribution in [0.2, 0.25) is 0 Å². The lowest BCUT2D eigenvalue weighted by atomic mass is 9.74. The van der Waals surface area contributed by atoms with Gasteiger partial charge in [0.1, 0.15) is 0 Å². The van der Waals surface area contributed by atoms with Crippen LogP contribution in [0.25, 0.3) is 0 Å². The third-order valence-corrected chi connectivity index (χ3v) is 3.41. The molecule has 1 aromatic rings. The molecule has 0 aliphatic heterocycles. The summed E-state index contributed by atoms with van der Waals surface area (Å²) in [7, 11) is 5.96. The van der Waals surface area contributed by atoms with Gasteiger partial charge in [0.05, 0.1) is 5.69 Å². The molecule has 1 aliphatic carbocycles. The zero-order chi connectivity index (χ0) is 12.6. The number of nitrogens with zero attached hydrogens (tertiary/aromatic N) is 3. The maximum absolute atomic E-state index is 4.68. The number of nitrogens with one attached hydrogen (secondary N) is 1. The van der Waals surface area contributed by atoms with E-state index in [1.165, 1.54) is 11.3 Å². The van der Waals surface area contributed by atoms with Crippen molar-refractivity contribution >= 4 is 5.95 Å². The van der Waals surface area contributed by atoms with Crippen molar-refractivity contribution in [1.29, 1.82) is 0 Å². The molecule has 1 N–H and O–H groups in total. The third kappa shape index (κ3) is 2.41. The van der Waals surface area contributed by atoms with Gasteiger partial charge in [0.15, 0.2) is 0 Å². The van der Waals surface area contributed by atoms with Gasteiger partial charge in [-0.2, -0.15) is 0 Å². The zero-order valence-corrected chi connectivity index (χ0v) is 11.4. The molecule has 0 aromatic carbocycles. The van der Waals surface area contributed by atoms with Gasteiger partial charge in [0.25, 0.3) is 0 Å². The van der Waals surface area contributed by atoms with E-state index in [1.54, 1.807) is 0 Å². The van der Waals surface area contributed by atoms with Gasteiger partial charge >= 0.3 is 0 Å². The molecular weight excluding hydrogens is 212 g/mol. The molecule has 1 unspecified atom stereocenters. The van der Waals surface area contributed by atoms with Crippen molar-refractivity contribution in [2.24, 2.45) is 5.41 Å². The van der Waals surface area contributed by atoms with Gasteiger partial charge < -0.3 is 10.2 Å². The molecule has 2 rings (SSSR count). The van der Waals surface area contributed by atoms with Gasteiger partial charge in [-0.05, 0) is 25.3 Å². The minimum atomic E-state index is 0.304. The zero-order valence-electron chi connectivity index (χ0n) is 11.4. The van der Waals surface area contributed by atoms with Crippen LogP contribution < -0.4 is 10.2 Å². The molecule has 0 radical (unpaired) electrons. The van der Waals surface area contributed by atoms with Gasteiger partial charge in [-0.3, -0.25) is 0 Å². The maximum Gasteiger partial charge on any atom is 0.225 e. The van der Waals surface area contributed by atoms with Crippen molar-refractivity contribution in [3.8, 4) is 0 Å². The Labute approximate surface area is 103 Å². The van der Waals surface area contributed by atoms with E-state index in [0.29, 0.717) is 11.5 Å². The van der Waals surface area contributed by atoms with E-state index in [9.17, 15) is 0 Å². The molecule has 94 valence electrons. The molecule has 1 atom stereocenters. The monoisotopic (exact) mass is 234 g/mol. The molecule has 17 heavy (non-hydrogen) atoms. The largest absolute Gasteiger partial charge is 0.347 e. The molecule has 1 heterocycles. The summed E-state index contributed by atoms with van der Waals surface area (Å²) in [6.07, 6.45) is 4.15. The SMILES string of the molecule is CNC1CC(C)(C)Cc2nc(N(C)C)ncc21. The minimum absolute atomic E-state index is 0.304. The fourth-order valence-corrected chi connectivity index (χ4v) is 2.51. The van der Waals surface area contributed by atoms with Crippen LogP contribution in [0.3, 0.4) is 0 Å². The number of aromatic nitrogens is 2. The van der Waals surface area contributed by atoms with E-state index in [2.05, 4.69) is 29.1 Å². The Morgan fingerprint density at radius 3 is 2.71 bits per heavy atom. The fraction of sp³-hybridized carbons (Fsp3) is 0.692. The molecule has 0 bridgehead atoms. The van der Waals surface area contributed by atoms with Crippen molar-refractivity contribution in [2.45, 2.75) is 32.7 Å². The predicted octanol–water partition coefficient (Wildman–Crippen LogP) is 1.78. The first-order chi connectivity index (χ1) is 7.93. The van der Waals surface area contributed by atoms with Crippen LogP contribution in [0, 0.1) is 5.41 Å². The van der Waals surface area contributed by atoms with Crippen LogP contribution in [0.5, 0.6) is 0 Å². The normalized spacial score (nSPS) is 22.1. The van der Waals surface area contributed by atoms with Gasteiger partial charge in [-0.15, -0.1) is 0 Å². The van der Waals surface area contributed by atoms with E-state index in [4.69, 9.17) is 0 Å². The lowest BCUT2D eigenvalue weighted by Gasteiger charge is -2.36. The molecule has 0 fully saturated rings. The fourth-order valence-electron chi connectivity index (χ4n) is 2.51. The first-order valence-corrected chi connectivity index (χ1v) is 6.13. The summed E-state index contributed by atoms with van der Waals surface area (Å²) in [5.74, 6) is 0.802. The number of fused-ring (bicyclic) bond motifs is 1. The standard InChI is InChI=1S/C13H22N4/c1-13(2)6-10(14-3)9-8-15-12(17(4)5)16-11(9)7-13/h8,10,14H,6-7H2,1-5H3. The lowest BCUT2D eigenvalue weighted by Crippen LogP contribution is -2.33. The maximum atomic E-state index is 4.68. The van der Waals surface area contributed by atoms with Crippen molar-refractivity contribution in [3.63, 3.8) is 0 Å². The van der Waals surface area contributed by atoms with Gasteiger partial charge in [0.2, 0.25) is 5.95 Å². The first-order valence-electron chi connectivity index (χ1n) is 6.13. The summed E-state index contributed by atoms with van der Waals surface area (Å²) in [5.41, 5.74) is 2.76. The smallest absolute Gasteiger partial charge is 0.225 e. The molecule has 0 saturated carbocycles. The molecule has 4 nitrogen and oxygen atoms in total. The van der Waals surface area contributed by atoms with Crippen LogP contribution in [-0.4, -0.2) is 31.1 Å². The molecule has 1 aromatic heterocycles. The number of rotatable bonds is 2. The van der Waals surface area contributed by atoms with E-state index >= 15 is 0 Å². The molecule has 0 saturated heterocycles. The molecule has 1 aliphatic rings. The van der Waals surface area contributed by atoms with E-state index in [-0.39, 0.29) is 0 Å². The first kappa shape index (κ1) is 12.3. The highest BCUT2D eigenvalue weighted by Crippen LogP contribution is 2.39. The Morgan fingerprint density at radius 2 is 2.12 bits per heavy atom. The van der Waals surface area contributed by atoms with Crippen LogP contribution in [0.15, 0.2) is 6.20 Å². The topological polar surface area (TPSA) is 41.1 Å². The van der Waals surface area contributed by atoms with E-state index in [1.807, 2.05) is 32.2 Å². The summed E-state index contributed by atoms with van der Waals surface area (Å²) in [4.78, 5) is 11.0. The Bertz CT molecular complexity index is 412. The Kier molecular flexibility index (Phi) is 3.08. The average Bonchev–Trinajstić information content (AvgIpc) is 2.25. The number of anilines is 1. The number of hydrogen-bond acceptors (Lipinski definition) is 4. The summed E-state index contributed by atoms with van der Waals surface area (Å²) < 4.78 is 0. The van der Waals surface area contributed by atoms with Crippen molar-refractivity contribution < 1.29 is 0 Å². The van der Waals surface area contributed by atoms with Crippen LogP contribution >= 0.6 is 0 Å². The van der Waals surface area contributed by atoms with Crippen molar-refractivity contribution in [1.82, 2.24) is 15.3 Å². The third-order valence-electron chi connectivity index (χ3n) is 3.41. The van der Waals surface area contributed by atoms with Crippen molar-refractivity contribution in [3.05, 3.63) is 17.5 Å². The lowest BCUT2D eigenvalue weighted by molar-refractivity contribution is 0.260. The minimum Gasteiger partial charge on any atom is -0.347 e. The summed E-state index contributed by atoms with van der Waals surface area (Å²) in [6, 6.07) is 0.380. The van der Waals surface area contributed by atoms with Gasteiger partial charge in [0, 0.05) is 31.9 Å². The Morgan fingerprint density at radius 1 is 1.41 bits per heavy atom. The van der Waals surface area contributed by atoms with Crippen LogP contribution in [0.4, 0.5) is 5.95 Å². The Balaban J connectivity index is 2.43. The van der Waals surface area contributed by atoms with E-state index < -0.39 is 0 Å². The average molecular weight is 234 g/mol.